The molecule has 120 valence electrons. The Kier molecular flexibility index (Phi) is 8.63. The van der Waals surface area contributed by atoms with Gasteiger partial charge in [0.2, 0.25) is 0 Å². The van der Waals surface area contributed by atoms with Crippen molar-refractivity contribution in [2.24, 2.45) is 4.99 Å². The van der Waals surface area contributed by atoms with Crippen LogP contribution in [-0.2, 0) is 13.1 Å². The average Bonchev–Trinajstić information content (AvgIpc) is 2.93. The van der Waals surface area contributed by atoms with Crippen molar-refractivity contribution in [3.05, 3.63) is 12.2 Å². The largest absolute Gasteiger partial charge is 0.357 e. The standard InChI is InChI=1S/C14H26N6.HI/c1-3-15-14(18-12-8-6-5-7-9-12)16-10-13-19-17-11-20(13)4-2;/h11-12H,3-10H2,1-2H3,(H2,15,16,18);1H. The minimum absolute atomic E-state index is 0. The Morgan fingerprint density at radius 1 is 1.33 bits per heavy atom. The molecule has 1 aromatic rings. The number of nitrogens with one attached hydrogen (secondary N) is 2. The molecule has 1 saturated carbocycles. The summed E-state index contributed by atoms with van der Waals surface area (Å²) in [6, 6.07) is 0.561. The Balaban J connectivity index is 0.00000220. The third kappa shape index (κ3) is 5.80. The van der Waals surface area contributed by atoms with Gasteiger partial charge in [-0.15, -0.1) is 34.2 Å². The molecule has 7 heteroatoms. The summed E-state index contributed by atoms with van der Waals surface area (Å²) in [5, 5.41) is 14.9. The lowest BCUT2D eigenvalue weighted by Crippen LogP contribution is -2.44. The van der Waals surface area contributed by atoms with Gasteiger partial charge in [-0.1, -0.05) is 19.3 Å². The van der Waals surface area contributed by atoms with Crippen LogP contribution < -0.4 is 10.6 Å². The maximum atomic E-state index is 4.63. The lowest BCUT2D eigenvalue weighted by atomic mass is 9.96. The molecule has 0 aliphatic heterocycles. The number of aryl methyl sites for hydroxylation is 1. The number of aromatic nitrogens is 3. The van der Waals surface area contributed by atoms with Crippen molar-refractivity contribution < 1.29 is 0 Å². The lowest BCUT2D eigenvalue weighted by molar-refractivity contribution is 0.410. The van der Waals surface area contributed by atoms with Crippen LogP contribution >= 0.6 is 24.0 Å². The summed E-state index contributed by atoms with van der Waals surface area (Å²) in [4.78, 5) is 4.63. The van der Waals surface area contributed by atoms with Gasteiger partial charge in [0.1, 0.15) is 12.9 Å². The zero-order chi connectivity index (χ0) is 14.2. The van der Waals surface area contributed by atoms with E-state index in [2.05, 4.69) is 39.7 Å². The zero-order valence-electron chi connectivity index (χ0n) is 13.0. The summed E-state index contributed by atoms with van der Waals surface area (Å²) < 4.78 is 2.02. The number of guanidine groups is 1. The van der Waals surface area contributed by atoms with E-state index in [-0.39, 0.29) is 24.0 Å². The molecular formula is C14H27IN6. The molecule has 0 amide bonds. The predicted octanol–water partition coefficient (Wildman–Crippen LogP) is 2.30. The molecule has 2 N–H and O–H groups in total. The highest BCUT2D eigenvalue weighted by molar-refractivity contribution is 14.0. The Bertz CT molecular complexity index is 425. The number of hydrogen-bond acceptors (Lipinski definition) is 3. The molecule has 1 heterocycles. The molecule has 0 radical (unpaired) electrons. The van der Waals surface area contributed by atoms with Crippen LogP contribution in [-0.4, -0.2) is 33.3 Å². The topological polar surface area (TPSA) is 67.1 Å². The maximum absolute atomic E-state index is 4.63. The highest BCUT2D eigenvalue weighted by Gasteiger charge is 2.14. The molecule has 0 atom stereocenters. The van der Waals surface area contributed by atoms with Crippen LogP contribution in [0.5, 0.6) is 0 Å². The Morgan fingerprint density at radius 3 is 2.76 bits per heavy atom. The number of halogens is 1. The Hall–Kier alpha value is -0.860. The Morgan fingerprint density at radius 2 is 2.10 bits per heavy atom. The SMILES string of the molecule is CCNC(=NCc1nncn1CC)NC1CCCCC1.I. The molecule has 0 saturated heterocycles. The summed E-state index contributed by atoms with van der Waals surface area (Å²) in [5.41, 5.74) is 0. The number of hydrogen-bond donors (Lipinski definition) is 2. The van der Waals surface area contributed by atoms with Crippen LogP contribution in [0.3, 0.4) is 0 Å². The summed E-state index contributed by atoms with van der Waals surface area (Å²) in [5.74, 6) is 1.80. The molecule has 0 unspecified atom stereocenters. The molecule has 1 aliphatic rings. The fourth-order valence-corrected chi connectivity index (χ4v) is 2.58. The smallest absolute Gasteiger partial charge is 0.191 e. The molecule has 6 nitrogen and oxygen atoms in total. The van der Waals surface area contributed by atoms with Crippen molar-refractivity contribution in [3.63, 3.8) is 0 Å². The van der Waals surface area contributed by atoms with Gasteiger partial charge in [-0.2, -0.15) is 0 Å². The minimum Gasteiger partial charge on any atom is -0.357 e. The van der Waals surface area contributed by atoms with Gasteiger partial charge in [-0.25, -0.2) is 4.99 Å². The van der Waals surface area contributed by atoms with Crippen LogP contribution in [0.1, 0.15) is 51.8 Å². The Labute approximate surface area is 144 Å². The van der Waals surface area contributed by atoms with E-state index in [1.807, 2.05) is 4.57 Å². The fourth-order valence-electron chi connectivity index (χ4n) is 2.58. The summed E-state index contributed by atoms with van der Waals surface area (Å²) in [6.45, 7) is 6.49. The van der Waals surface area contributed by atoms with E-state index in [9.17, 15) is 0 Å². The molecule has 1 aromatic heterocycles. The zero-order valence-corrected chi connectivity index (χ0v) is 15.3. The van der Waals surface area contributed by atoms with E-state index < -0.39 is 0 Å². The minimum atomic E-state index is 0. The molecule has 21 heavy (non-hydrogen) atoms. The van der Waals surface area contributed by atoms with Crippen LogP contribution in [0.25, 0.3) is 0 Å². The predicted molar refractivity (Wildman–Crippen MR) is 95.9 cm³/mol. The van der Waals surface area contributed by atoms with Crippen molar-refractivity contribution in [2.45, 2.75) is 65.1 Å². The first-order valence-electron chi connectivity index (χ1n) is 7.75. The molecule has 1 aliphatic carbocycles. The molecule has 0 aromatic carbocycles. The van der Waals surface area contributed by atoms with Gasteiger partial charge >= 0.3 is 0 Å². The van der Waals surface area contributed by atoms with Gasteiger partial charge in [0.15, 0.2) is 11.8 Å². The van der Waals surface area contributed by atoms with Crippen molar-refractivity contribution in [1.82, 2.24) is 25.4 Å². The third-order valence-corrected chi connectivity index (χ3v) is 3.71. The molecule has 1 fully saturated rings. The average molecular weight is 406 g/mol. The number of nitrogens with zero attached hydrogens (tertiary/aromatic N) is 4. The number of aliphatic imine (C=N–C) groups is 1. The van der Waals surface area contributed by atoms with E-state index in [0.29, 0.717) is 12.6 Å². The first-order valence-corrected chi connectivity index (χ1v) is 7.75. The van der Waals surface area contributed by atoms with E-state index in [0.717, 1.165) is 24.9 Å². The van der Waals surface area contributed by atoms with E-state index in [1.54, 1.807) is 6.33 Å². The maximum Gasteiger partial charge on any atom is 0.191 e. The number of rotatable bonds is 5. The molecular weight excluding hydrogens is 379 g/mol. The third-order valence-electron chi connectivity index (χ3n) is 3.71. The van der Waals surface area contributed by atoms with Crippen LogP contribution in [0.2, 0.25) is 0 Å². The van der Waals surface area contributed by atoms with E-state index in [4.69, 9.17) is 0 Å². The normalized spacial score (nSPS) is 16.4. The fraction of sp³-hybridized carbons (Fsp3) is 0.786. The second-order valence-electron chi connectivity index (χ2n) is 5.21. The van der Waals surface area contributed by atoms with Gasteiger partial charge in [0.25, 0.3) is 0 Å². The van der Waals surface area contributed by atoms with Gasteiger partial charge in [-0.05, 0) is 26.7 Å². The van der Waals surface area contributed by atoms with Crippen LogP contribution in [0.15, 0.2) is 11.3 Å². The quantitative estimate of drug-likeness (QED) is 0.448. The molecule has 0 spiro atoms. The highest BCUT2D eigenvalue weighted by Crippen LogP contribution is 2.17. The van der Waals surface area contributed by atoms with Crippen LogP contribution in [0, 0.1) is 0 Å². The van der Waals surface area contributed by atoms with E-state index >= 15 is 0 Å². The second kappa shape index (κ2) is 9.97. The molecule has 0 bridgehead atoms. The van der Waals surface area contributed by atoms with Gasteiger partial charge < -0.3 is 15.2 Å². The second-order valence-corrected chi connectivity index (χ2v) is 5.21. The van der Waals surface area contributed by atoms with Crippen molar-refractivity contribution in [3.8, 4) is 0 Å². The first kappa shape index (κ1) is 18.2. The van der Waals surface area contributed by atoms with Crippen LogP contribution in [0.4, 0.5) is 0 Å². The lowest BCUT2D eigenvalue weighted by Gasteiger charge is -2.24. The van der Waals surface area contributed by atoms with E-state index in [1.165, 1.54) is 32.1 Å². The van der Waals surface area contributed by atoms with Gasteiger partial charge in [-0.3, -0.25) is 0 Å². The highest BCUT2D eigenvalue weighted by atomic mass is 127. The van der Waals surface area contributed by atoms with Crippen molar-refractivity contribution in [2.75, 3.05) is 6.54 Å². The van der Waals surface area contributed by atoms with Gasteiger partial charge in [0, 0.05) is 19.1 Å². The summed E-state index contributed by atoms with van der Waals surface area (Å²) in [7, 11) is 0. The molecule has 2 rings (SSSR count). The monoisotopic (exact) mass is 406 g/mol. The first-order chi connectivity index (χ1) is 9.83. The van der Waals surface area contributed by atoms with Crippen molar-refractivity contribution in [1.29, 1.82) is 0 Å². The van der Waals surface area contributed by atoms with Crippen molar-refractivity contribution >= 4 is 29.9 Å². The van der Waals surface area contributed by atoms with Gasteiger partial charge in [0.05, 0.1) is 0 Å². The summed E-state index contributed by atoms with van der Waals surface area (Å²) in [6.07, 6.45) is 8.26. The summed E-state index contributed by atoms with van der Waals surface area (Å²) >= 11 is 0.